The van der Waals surface area contributed by atoms with Crippen LogP contribution >= 0.6 is 0 Å². The molecule has 1 fully saturated rings. The smallest absolute Gasteiger partial charge is 0.251 e. The molecular formula is C12H16N2O4S. The standard InChI is InChI=1S/C12H16N2O4S/c1-7-5-9(7)14-12(15)8-3-4-10(18-2)11(6-8)19(13,16)17/h3-4,6-7,9H,5H2,1-2H3,(H,14,15)(H2,13,16,17). The van der Waals surface area contributed by atoms with Crippen molar-refractivity contribution in [1.29, 1.82) is 0 Å². The van der Waals surface area contributed by atoms with Gasteiger partial charge in [0.1, 0.15) is 10.6 Å². The monoisotopic (exact) mass is 284 g/mol. The van der Waals surface area contributed by atoms with Gasteiger partial charge < -0.3 is 10.1 Å². The molecular weight excluding hydrogens is 268 g/mol. The number of primary sulfonamides is 1. The first kappa shape index (κ1) is 13.8. The number of benzene rings is 1. The van der Waals surface area contributed by atoms with Gasteiger partial charge in [-0.3, -0.25) is 4.79 Å². The molecule has 1 aromatic carbocycles. The minimum Gasteiger partial charge on any atom is -0.495 e. The summed E-state index contributed by atoms with van der Waals surface area (Å²) >= 11 is 0. The van der Waals surface area contributed by atoms with Gasteiger partial charge in [-0.05, 0) is 30.5 Å². The molecule has 1 aliphatic carbocycles. The van der Waals surface area contributed by atoms with Crippen LogP contribution in [0.1, 0.15) is 23.7 Å². The Morgan fingerprint density at radius 2 is 2.11 bits per heavy atom. The summed E-state index contributed by atoms with van der Waals surface area (Å²) in [6.07, 6.45) is 0.948. The van der Waals surface area contributed by atoms with Crippen molar-refractivity contribution in [1.82, 2.24) is 5.32 Å². The van der Waals surface area contributed by atoms with Crippen molar-refractivity contribution in [2.45, 2.75) is 24.3 Å². The van der Waals surface area contributed by atoms with Crippen molar-refractivity contribution in [2.75, 3.05) is 7.11 Å². The van der Waals surface area contributed by atoms with E-state index in [4.69, 9.17) is 9.88 Å². The van der Waals surface area contributed by atoms with Crippen molar-refractivity contribution < 1.29 is 17.9 Å². The highest BCUT2D eigenvalue weighted by Gasteiger charge is 2.34. The number of hydrogen-bond acceptors (Lipinski definition) is 4. The van der Waals surface area contributed by atoms with Crippen LogP contribution < -0.4 is 15.2 Å². The third-order valence-electron chi connectivity index (χ3n) is 3.16. The maximum Gasteiger partial charge on any atom is 0.251 e. The first-order chi connectivity index (χ1) is 8.82. The summed E-state index contributed by atoms with van der Waals surface area (Å²) in [5.74, 6) is 0.292. The number of amides is 1. The fraction of sp³-hybridized carbons (Fsp3) is 0.417. The average molecular weight is 284 g/mol. The number of carbonyl (C=O) groups excluding carboxylic acids is 1. The summed E-state index contributed by atoms with van der Waals surface area (Å²) in [6.45, 7) is 2.04. The number of hydrogen-bond donors (Lipinski definition) is 2. The molecule has 0 radical (unpaired) electrons. The molecule has 2 rings (SSSR count). The molecule has 2 atom stereocenters. The molecule has 6 nitrogen and oxygen atoms in total. The summed E-state index contributed by atoms with van der Waals surface area (Å²) in [5.41, 5.74) is 0.254. The quantitative estimate of drug-likeness (QED) is 0.840. The van der Waals surface area contributed by atoms with E-state index in [1.165, 1.54) is 25.3 Å². The van der Waals surface area contributed by atoms with Crippen LogP contribution in [0.5, 0.6) is 5.75 Å². The molecule has 0 aromatic heterocycles. The lowest BCUT2D eigenvalue weighted by Gasteiger charge is -2.09. The molecule has 0 spiro atoms. The lowest BCUT2D eigenvalue weighted by molar-refractivity contribution is 0.0949. The summed E-state index contributed by atoms with van der Waals surface area (Å²) in [4.78, 5) is 11.7. The van der Waals surface area contributed by atoms with Crippen LogP contribution in [0, 0.1) is 5.92 Å². The maximum absolute atomic E-state index is 11.9. The van der Waals surface area contributed by atoms with Gasteiger partial charge in [-0.2, -0.15) is 0 Å². The van der Waals surface area contributed by atoms with E-state index in [1.807, 2.05) is 6.92 Å². The molecule has 1 aromatic rings. The molecule has 1 saturated carbocycles. The predicted molar refractivity (Wildman–Crippen MR) is 69.4 cm³/mol. The van der Waals surface area contributed by atoms with Crippen LogP contribution in [-0.4, -0.2) is 27.5 Å². The van der Waals surface area contributed by atoms with Crippen LogP contribution in [-0.2, 0) is 10.0 Å². The fourth-order valence-corrected chi connectivity index (χ4v) is 2.54. The minimum absolute atomic E-state index is 0.124. The van der Waals surface area contributed by atoms with Gasteiger partial charge in [0, 0.05) is 11.6 Å². The Bertz CT molecular complexity index is 612. The Labute approximate surface area is 112 Å². The van der Waals surface area contributed by atoms with Gasteiger partial charge in [0.05, 0.1) is 7.11 Å². The summed E-state index contributed by atoms with van der Waals surface area (Å²) in [5, 5.41) is 7.92. The predicted octanol–water partition coefficient (Wildman–Crippen LogP) is 0.481. The van der Waals surface area contributed by atoms with Crippen LogP contribution in [0.4, 0.5) is 0 Å². The normalized spacial score (nSPS) is 21.8. The van der Waals surface area contributed by atoms with E-state index in [2.05, 4.69) is 5.32 Å². The third kappa shape index (κ3) is 3.05. The second kappa shape index (κ2) is 4.82. The Kier molecular flexibility index (Phi) is 3.51. The zero-order valence-corrected chi connectivity index (χ0v) is 11.5. The molecule has 1 aliphatic rings. The van der Waals surface area contributed by atoms with Gasteiger partial charge in [-0.15, -0.1) is 0 Å². The first-order valence-corrected chi connectivity index (χ1v) is 7.39. The van der Waals surface area contributed by atoms with Gasteiger partial charge in [0.25, 0.3) is 5.91 Å². The summed E-state index contributed by atoms with van der Waals surface area (Å²) in [7, 11) is -2.59. The van der Waals surface area contributed by atoms with Gasteiger partial charge in [-0.25, -0.2) is 13.6 Å². The van der Waals surface area contributed by atoms with Gasteiger partial charge in [0.15, 0.2) is 0 Å². The van der Waals surface area contributed by atoms with E-state index in [9.17, 15) is 13.2 Å². The SMILES string of the molecule is COc1ccc(C(=O)NC2CC2C)cc1S(N)(=O)=O. The van der Waals surface area contributed by atoms with Crippen molar-refractivity contribution in [3.8, 4) is 5.75 Å². The topological polar surface area (TPSA) is 98.5 Å². The average Bonchev–Trinajstić information content (AvgIpc) is 3.02. The number of carbonyl (C=O) groups is 1. The Morgan fingerprint density at radius 3 is 2.58 bits per heavy atom. The number of sulfonamides is 1. The zero-order valence-electron chi connectivity index (χ0n) is 10.7. The molecule has 3 N–H and O–H groups in total. The highest BCUT2D eigenvalue weighted by molar-refractivity contribution is 7.89. The molecule has 2 unspecified atom stereocenters. The zero-order chi connectivity index (χ0) is 14.2. The van der Waals surface area contributed by atoms with Crippen LogP contribution in [0.3, 0.4) is 0 Å². The van der Waals surface area contributed by atoms with Crippen molar-refractivity contribution in [2.24, 2.45) is 11.1 Å². The van der Waals surface area contributed by atoms with E-state index in [0.29, 0.717) is 5.92 Å². The number of rotatable bonds is 4. The molecule has 0 saturated heterocycles. The number of ether oxygens (including phenoxy) is 1. The second-order valence-corrected chi connectivity index (χ2v) is 6.23. The van der Waals surface area contributed by atoms with Crippen molar-refractivity contribution >= 4 is 15.9 Å². The highest BCUT2D eigenvalue weighted by Crippen LogP contribution is 2.30. The van der Waals surface area contributed by atoms with Gasteiger partial charge >= 0.3 is 0 Å². The van der Waals surface area contributed by atoms with Crippen molar-refractivity contribution in [3.05, 3.63) is 23.8 Å². The minimum atomic E-state index is -3.93. The molecule has 104 valence electrons. The molecule has 0 bridgehead atoms. The molecule has 19 heavy (non-hydrogen) atoms. The summed E-state index contributed by atoms with van der Waals surface area (Å²) < 4.78 is 27.8. The molecule has 7 heteroatoms. The second-order valence-electron chi connectivity index (χ2n) is 4.70. The van der Waals surface area contributed by atoms with Crippen LogP contribution in [0.15, 0.2) is 23.1 Å². The largest absolute Gasteiger partial charge is 0.495 e. The Balaban J connectivity index is 2.30. The molecule has 1 amide bonds. The molecule has 0 heterocycles. The van der Waals surface area contributed by atoms with Crippen LogP contribution in [0.25, 0.3) is 0 Å². The van der Waals surface area contributed by atoms with E-state index in [1.54, 1.807) is 0 Å². The van der Waals surface area contributed by atoms with Crippen LogP contribution in [0.2, 0.25) is 0 Å². The van der Waals surface area contributed by atoms with E-state index >= 15 is 0 Å². The first-order valence-electron chi connectivity index (χ1n) is 5.84. The lowest BCUT2D eigenvalue weighted by Crippen LogP contribution is -2.27. The maximum atomic E-state index is 11.9. The van der Waals surface area contributed by atoms with Gasteiger partial charge in [0.2, 0.25) is 10.0 Å². The fourth-order valence-electron chi connectivity index (χ4n) is 1.82. The van der Waals surface area contributed by atoms with E-state index in [-0.39, 0.29) is 28.2 Å². The Morgan fingerprint density at radius 1 is 1.47 bits per heavy atom. The Hall–Kier alpha value is -1.60. The number of nitrogens with one attached hydrogen (secondary N) is 1. The van der Waals surface area contributed by atoms with E-state index < -0.39 is 10.0 Å². The van der Waals surface area contributed by atoms with Crippen molar-refractivity contribution in [3.63, 3.8) is 0 Å². The number of methoxy groups -OCH3 is 1. The van der Waals surface area contributed by atoms with Gasteiger partial charge in [-0.1, -0.05) is 6.92 Å². The highest BCUT2D eigenvalue weighted by atomic mass is 32.2. The van der Waals surface area contributed by atoms with E-state index in [0.717, 1.165) is 6.42 Å². The third-order valence-corrected chi connectivity index (χ3v) is 4.09. The lowest BCUT2D eigenvalue weighted by atomic mass is 10.2. The number of nitrogens with two attached hydrogens (primary N) is 1. The summed E-state index contributed by atoms with van der Waals surface area (Å²) in [6, 6.07) is 4.34. The molecule has 0 aliphatic heterocycles.